The van der Waals surface area contributed by atoms with Crippen molar-refractivity contribution >= 4 is 33.1 Å². The molecule has 2 aliphatic carbocycles. The molecule has 4 heterocycles. The molecule has 468 valence electrons. The van der Waals surface area contributed by atoms with Crippen LogP contribution in [0.1, 0.15) is 53.4 Å². The average Bonchev–Trinajstić information content (AvgIpc) is 3.34. The Kier molecular flexibility index (Phi) is 31.2. The minimum Gasteiger partial charge on any atom is -0.467 e. The van der Waals surface area contributed by atoms with E-state index in [1.807, 2.05) is 26.0 Å². The summed E-state index contributed by atoms with van der Waals surface area (Å²) in [5.74, 6) is 1.14. The monoisotopic (exact) mass is 1210 g/mol. The molecule has 6 rings (SSSR count). The molecule has 0 bridgehead atoms. The predicted octanol–water partition coefficient (Wildman–Crippen LogP) is -7.04. The minimum absolute atomic E-state index is 0.0483. The van der Waals surface area contributed by atoms with Gasteiger partial charge >= 0.3 is 20.8 Å². The normalized spacial score (nSPS) is 40.6. The van der Waals surface area contributed by atoms with E-state index in [0.29, 0.717) is 50.3 Å². The van der Waals surface area contributed by atoms with Gasteiger partial charge in [-0.15, -0.1) is 0 Å². The fourth-order valence-electron chi connectivity index (χ4n) is 9.71. The van der Waals surface area contributed by atoms with E-state index in [1.54, 1.807) is 27.9 Å². The van der Waals surface area contributed by atoms with Gasteiger partial charge in [0.15, 0.2) is 24.9 Å². The van der Waals surface area contributed by atoms with Crippen LogP contribution in [0.3, 0.4) is 0 Å². The molecule has 0 aromatic rings. The highest BCUT2D eigenvalue weighted by atomic mass is 32.3. The van der Waals surface area contributed by atoms with E-state index in [0.717, 1.165) is 0 Å². The Hall–Kier alpha value is -1.79. The largest absolute Gasteiger partial charge is 0.467 e. The zero-order valence-corrected chi connectivity index (χ0v) is 47.2. The van der Waals surface area contributed by atoms with Crippen LogP contribution in [-0.4, -0.2) is 262 Å². The second-order valence-corrected chi connectivity index (χ2v) is 21.6. The Bertz CT molecular complexity index is 1910. The highest BCUT2D eigenvalue weighted by molar-refractivity contribution is 7.87. The first kappa shape index (κ1) is 73.3. The summed E-state index contributed by atoms with van der Waals surface area (Å²) in [6.45, 7) is 8.61. The molecule has 0 radical (unpaired) electrons. The van der Waals surface area contributed by atoms with Crippen LogP contribution in [0.5, 0.6) is 0 Å². The molecule has 0 amide bonds. The predicted molar refractivity (Wildman–Crippen MR) is 280 cm³/mol. The molecular formula is C42H88N10O24S3. The van der Waals surface area contributed by atoms with Crippen molar-refractivity contribution < 1.29 is 113 Å². The van der Waals surface area contributed by atoms with Crippen molar-refractivity contribution in [3.63, 3.8) is 0 Å². The topological polar surface area (TPSA) is 589 Å². The molecule has 0 unspecified atom stereocenters. The number of ether oxygens (including phenoxy) is 8. The smallest absolute Gasteiger partial charge is 0.394 e. The van der Waals surface area contributed by atoms with E-state index in [4.69, 9.17) is 116 Å². The van der Waals surface area contributed by atoms with E-state index >= 15 is 0 Å². The van der Waals surface area contributed by atoms with Crippen LogP contribution in [0.15, 0.2) is 23.7 Å². The van der Waals surface area contributed by atoms with Crippen LogP contribution in [0, 0.1) is 0 Å². The summed E-state index contributed by atoms with van der Waals surface area (Å²) in [6.07, 6.45) is -6.11. The van der Waals surface area contributed by atoms with Gasteiger partial charge in [0, 0.05) is 24.2 Å². The van der Waals surface area contributed by atoms with Crippen LogP contribution in [0.25, 0.3) is 0 Å². The lowest BCUT2D eigenvalue weighted by Crippen LogP contribution is -2.69. The zero-order valence-electron chi connectivity index (χ0n) is 44.7. The lowest BCUT2D eigenvalue weighted by Gasteiger charge is -2.49. The summed E-state index contributed by atoms with van der Waals surface area (Å²) in [4.78, 5) is 0. The Morgan fingerprint density at radius 2 is 0.873 bits per heavy atom. The van der Waals surface area contributed by atoms with E-state index in [9.17, 15) is 30.6 Å². The maximum atomic E-state index is 11.3. The first-order valence-electron chi connectivity index (χ1n) is 25.0. The van der Waals surface area contributed by atoms with Crippen LogP contribution in [0.4, 0.5) is 0 Å². The van der Waals surface area contributed by atoms with Crippen molar-refractivity contribution in [3.05, 3.63) is 23.7 Å². The molecule has 22 atom stereocenters. The lowest BCUT2D eigenvalue weighted by molar-refractivity contribution is -0.304. The maximum absolute atomic E-state index is 11.3. The van der Waals surface area contributed by atoms with E-state index in [1.165, 1.54) is 0 Å². The molecule has 4 aliphatic heterocycles. The third kappa shape index (κ3) is 23.3. The molecule has 0 aromatic carbocycles. The van der Waals surface area contributed by atoms with Crippen molar-refractivity contribution in [2.75, 3.05) is 53.5 Å². The van der Waals surface area contributed by atoms with Gasteiger partial charge in [0.05, 0.1) is 50.5 Å². The van der Waals surface area contributed by atoms with Crippen molar-refractivity contribution in [2.45, 2.75) is 187 Å². The van der Waals surface area contributed by atoms with Gasteiger partial charge in [-0.2, -0.15) is 16.8 Å². The van der Waals surface area contributed by atoms with Gasteiger partial charge in [0.25, 0.3) is 0 Å². The van der Waals surface area contributed by atoms with Gasteiger partial charge in [0.2, 0.25) is 12.6 Å². The van der Waals surface area contributed by atoms with Gasteiger partial charge in [-0.25, -0.2) is 0 Å². The highest BCUT2D eigenvalue weighted by Crippen LogP contribution is 2.34. The number of hydrogen-bond acceptors (Lipinski definition) is 31. The molecule has 0 spiro atoms. The molecule has 2 saturated heterocycles. The fraction of sp³-hybridized carbons (Fsp3) is 0.905. The maximum Gasteiger partial charge on any atom is 0.394 e. The van der Waals surface area contributed by atoms with E-state index < -0.39 is 142 Å². The summed E-state index contributed by atoms with van der Waals surface area (Å²) in [5.41, 5.74) is 33.9. The second kappa shape index (κ2) is 33.6. The van der Waals surface area contributed by atoms with Crippen molar-refractivity contribution in [3.8, 4) is 0 Å². The summed E-state index contributed by atoms with van der Waals surface area (Å²) in [5, 5.41) is 77.5. The van der Waals surface area contributed by atoms with Crippen molar-refractivity contribution in [1.82, 2.24) is 21.3 Å². The molecule has 37 heteroatoms. The number of likely N-dealkylation sites (N-methyl/N-ethyl adjacent to an activating group) is 4. The molecule has 4 fully saturated rings. The number of aliphatic hydroxyl groups excluding tert-OH is 4. The molecule has 2 saturated carbocycles. The van der Waals surface area contributed by atoms with Crippen LogP contribution < -0.4 is 55.7 Å². The third-order valence-corrected chi connectivity index (χ3v) is 13.3. The minimum atomic E-state index is -4.67. The van der Waals surface area contributed by atoms with E-state index in [-0.39, 0.29) is 50.7 Å². The standard InChI is InChI=1S/2C21H41N5O7.2H2O4S.H2O2S/c2*1-4-26-13-7-12(24)16(32-19-11(23)6-5-10(8-22)31-19)14(27)17(13)33-20-15(28)18(25-3)21(2,29)9-30-20;2*1-5(2,3)4;1-3-2/h2*5,11-20,25-29H,4,6-9,22-24H2,1-3H3;2*(H2,1,2,3,4);1-2H/t2*11-,12+,13-,14+,15-,16-,17+,18-,19-,20-,21+;;;/m11.../s1. The fourth-order valence-corrected chi connectivity index (χ4v) is 9.71. The van der Waals surface area contributed by atoms with E-state index in [2.05, 4.69) is 21.3 Å². The van der Waals surface area contributed by atoms with Crippen LogP contribution >= 0.6 is 12.3 Å². The summed E-state index contributed by atoms with van der Waals surface area (Å²) >= 11 is -0.250. The molecule has 34 nitrogen and oxygen atoms in total. The number of nitrogens with two attached hydrogens (primary N) is 6. The zero-order chi connectivity index (χ0) is 60.4. The Morgan fingerprint density at radius 1 is 0.582 bits per heavy atom. The summed E-state index contributed by atoms with van der Waals surface area (Å²) < 4.78 is 124. The second-order valence-electron chi connectivity index (χ2n) is 19.6. The van der Waals surface area contributed by atoms with Crippen LogP contribution in [-0.2, 0) is 58.7 Å². The van der Waals surface area contributed by atoms with Gasteiger partial charge in [-0.1, -0.05) is 13.8 Å². The molecule has 0 aromatic heterocycles. The van der Waals surface area contributed by atoms with Gasteiger partial charge in [-0.3, -0.25) is 18.2 Å². The third-order valence-electron chi connectivity index (χ3n) is 13.3. The number of hydrogen-bond donors (Lipinski definition) is 22. The SMILES string of the molecule is CCN[C@@H]1C[C@H](N)[C@@H](O[C@H]2OC(CN)=CC[C@H]2N)[C@H](O)[C@H]1O[C@H]1OC[C@](C)(O)[C@H](NC)[C@H]1O.CCN[C@@H]1C[C@H](N)[C@@H](O[C@H]2OC(CN)=CC[C@H]2N)[C@H](O)[C@H]1O[C@H]1OC[C@](C)(O)[C@H](NC)[C@H]1O.O=S(=O)(O)O.O=S(=O)(O)O.OSO. The number of rotatable bonds is 16. The quantitative estimate of drug-likeness (QED) is 0.0504. The average molecular weight is 1210 g/mol. The van der Waals surface area contributed by atoms with Crippen molar-refractivity contribution in [1.29, 1.82) is 0 Å². The van der Waals surface area contributed by atoms with Gasteiger partial charge in [-0.05, 0) is 78.9 Å². The summed E-state index contributed by atoms with van der Waals surface area (Å²) in [6, 6.07) is -3.90. The molecule has 79 heavy (non-hydrogen) atoms. The van der Waals surface area contributed by atoms with Gasteiger partial charge < -0.3 is 133 Å². The lowest BCUT2D eigenvalue weighted by atomic mass is 9.83. The molecular weight excluding hydrogens is 1120 g/mol. The summed E-state index contributed by atoms with van der Waals surface area (Å²) in [7, 11) is -6.05. The number of nitrogens with one attached hydrogen (secondary N) is 4. The molecule has 28 N–H and O–H groups in total. The van der Waals surface area contributed by atoms with Crippen LogP contribution in [0.2, 0.25) is 0 Å². The molecule has 6 aliphatic rings. The first-order chi connectivity index (χ1) is 36.7. The van der Waals surface area contributed by atoms with Crippen molar-refractivity contribution in [2.24, 2.45) is 34.4 Å². The Labute approximate surface area is 464 Å². The number of aliphatic hydroxyl groups is 6. The Balaban J connectivity index is 0.000000442. The highest BCUT2D eigenvalue weighted by Gasteiger charge is 2.53. The van der Waals surface area contributed by atoms with Gasteiger partial charge in [0.1, 0.15) is 71.6 Å². The Morgan fingerprint density at radius 3 is 1.14 bits per heavy atom. The first-order valence-corrected chi connectivity index (χ1v) is 28.5.